The van der Waals surface area contributed by atoms with Crippen LogP contribution in [-0.4, -0.2) is 66.7 Å². The average molecular weight is 378 g/mol. The molecule has 0 aromatic carbocycles. The lowest BCUT2D eigenvalue weighted by Gasteiger charge is -2.17. The molecule has 0 saturated carbocycles. The first-order valence-electron chi connectivity index (χ1n) is 6.79. The van der Waals surface area contributed by atoms with Gasteiger partial charge in [-0.15, -0.1) is 0 Å². The van der Waals surface area contributed by atoms with Gasteiger partial charge in [0.25, 0.3) is 0 Å². The van der Waals surface area contributed by atoms with Crippen molar-refractivity contribution in [2.45, 2.75) is 24.5 Å². The second kappa shape index (κ2) is 6.58. The Balaban J connectivity index is 1.83. The largest absolute Gasteiger partial charge is 0.472 e. The summed E-state index contributed by atoms with van der Waals surface area (Å²) in [6.07, 6.45) is -1.92. The van der Waals surface area contributed by atoms with Crippen LogP contribution in [0.1, 0.15) is 6.23 Å². The summed E-state index contributed by atoms with van der Waals surface area (Å²) in [5.74, 6) is 0. The van der Waals surface area contributed by atoms with Crippen LogP contribution in [0.15, 0.2) is 12.7 Å². The summed E-state index contributed by atoms with van der Waals surface area (Å²) < 4.78 is 27.6. The fourth-order valence-corrected chi connectivity index (χ4v) is 3.03. The first-order chi connectivity index (χ1) is 11.3. The maximum absolute atomic E-state index is 11.3. The highest BCUT2D eigenvalue weighted by Crippen LogP contribution is 2.43. The first kappa shape index (κ1) is 17.6. The molecule has 3 heterocycles. The van der Waals surface area contributed by atoms with E-state index >= 15 is 0 Å². The van der Waals surface area contributed by atoms with E-state index in [9.17, 15) is 19.7 Å². The summed E-state index contributed by atoms with van der Waals surface area (Å²) >= 11 is 5.06. The third kappa shape index (κ3) is 3.15. The second-order valence-corrected chi connectivity index (χ2v) is 7.00. The van der Waals surface area contributed by atoms with Crippen LogP contribution in [0.3, 0.4) is 0 Å². The van der Waals surface area contributed by atoms with Crippen molar-refractivity contribution in [2.75, 3.05) is 13.7 Å². The molecule has 13 heteroatoms. The van der Waals surface area contributed by atoms with Crippen molar-refractivity contribution in [1.29, 1.82) is 0 Å². The zero-order valence-electron chi connectivity index (χ0n) is 12.3. The zero-order valence-corrected chi connectivity index (χ0v) is 14.1. The molecule has 132 valence electrons. The lowest BCUT2D eigenvalue weighted by molar-refractivity contribution is -0.0509. The summed E-state index contributed by atoms with van der Waals surface area (Å²) in [6, 6.07) is 0. The van der Waals surface area contributed by atoms with Gasteiger partial charge >= 0.3 is 7.82 Å². The Hall–Kier alpha value is -1.24. The number of hydrogen-bond acceptors (Lipinski definition) is 9. The van der Waals surface area contributed by atoms with Crippen LogP contribution in [0.25, 0.3) is 11.2 Å². The summed E-state index contributed by atoms with van der Waals surface area (Å²) in [6.45, 7) is -0.444. The Morgan fingerprint density at radius 2 is 2.21 bits per heavy atom. The van der Waals surface area contributed by atoms with Gasteiger partial charge in [-0.1, -0.05) is 12.2 Å². The smallest absolute Gasteiger partial charge is 0.387 e. The minimum absolute atomic E-state index is 0.275. The van der Waals surface area contributed by atoms with E-state index in [0.29, 0.717) is 11.2 Å². The van der Waals surface area contributed by atoms with Gasteiger partial charge in [0.15, 0.2) is 10.9 Å². The van der Waals surface area contributed by atoms with Crippen LogP contribution in [-0.2, 0) is 18.3 Å². The molecule has 3 unspecified atom stereocenters. The molecule has 4 N–H and O–H groups in total. The van der Waals surface area contributed by atoms with E-state index in [4.69, 9.17) is 17.0 Å². The fraction of sp³-hybridized carbons (Fsp3) is 0.545. The highest BCUT2D eigenvalue weighted by molar-refractivity contribution is 7.71. The lowest BCUT2D eigenvalue weighted by Crippen LogP contribution is -2.33. The number of nitrogens with one attached hydrogen (secondary N) is 1. The highest BCUT2D eigenvalue weighted by atomic mass is 32.1. The third-order valence-electron chi connectivity index (χ3n) is 3.62. The molecule has 0 bridgehead atoms. The summed E-state index contributed by atoms with van der Waals surface area (Å²) in [5, 5.41) is 20.3. The van der Waals surface area contributed by atoms with E-state index in [1.54, 1.807) is 0 Å². The van der Waals surface area contributed by atoms with E-state index in [0.717, 1.165) is 7.11 Å². The molecule has 0 spiro atoms. The normalized spacial score (nSPS) is 29.8. The van der Waals surface area contributed by atoms with Crippen LogP contribution < -0.4 is 0 Å². The van der Waals surface area contributed by atoms with Crippen LogP contribution in [0.2, 0.25) is 0 Å². The number of rotatable bonds is 5. The molecular weight excluding hydrogens is 363 g/mol. The Kier molecular flexibility index (Phi) is 4.82. The molecule has 2 aromatic rings. The van der Waals surface area contributed by atoms with Crippen LogP contribution in [0, 0.1) is 4.64 Å². The Bertz CT molecular complexity index is 841. The number of hydrogen-bond donors (Lipinski definition) is 4. The van der Waals surface area contributed by atoms with Gasteiger partial charge in [0.2, 0.25) is 0 Å². The van der Waals surface area contributed by atoms with Gasteiger partial charge in [-0.2, -0.15) is 0 Å². The molecule has 1 fully saturated rings. The van der Waals surface area contributed by atoms with Crippen molar-refractivity contribution in [1.82, 2.24) is 19.5 Å². The van der Waals surface area contributed by atoms with Crippen molar-refractivity contribution >= 4 is 31.2 Å². The van der Waals surface area contributed by atoms with Crippen LogP contribution >= 0.6 is 20.0 Å². The van der Waals surface area contributed by atoms with Crippen molar-refractivity contribution in [2.24, 2.45) is 0 Å². The molecule has 1 aliphatic heterocycles. The van der Waals surface area contributed by atoms with Gasteiger partial charge in [-0.3, -0.25) is 13.6 Å². The number of aliphatic hydroxyl groups is 2. The molecule has 0 radical (unpaired) electrons. The van der Waals surface area contributed by atoms with Gasteiger partial charge in [-0.25, -0.2) is 14.5 Å². The maximum Gasteiger partial charge on any atom is 0.472 e. The van der Waals surface area contributed by atoms with Gasteiger partial charge in [0.1, 0.15) is 29.5 Å². The predicted octanol–water partition coefficient (Wildman–Crippen LogP) is -0.129. The van der Waals surface area contributed by atoms with Crippen LogP contribution in [0.5, 0.6) is 0 Å². The predicted molar refractivity (Wildman–Crippen MR) is 81.4 cm³/mol. The summed E-state index contributed by atoms with van der Waals surface area (Å²) in [7, 11) is -3.21. The SMILES string of the molecule is COP(=O)(O)OC[C@H]1O[C@@H](n2cnc3c(=S)nc[nH]c32)C(O)C1O. The van der Waals surface area contributed by atoms with Gasteiger partial charge in [0, 0.05) is 7.11 Å². The topological polar surface area (TPSA) is 152 Å². The monoisotopic (exact) mass is 378 g/mol. The van der Waals surface area contributed by atoms with E-state index in [2.05, 4.69) is 24.0 Å². The Morgan fingerprint density at radius 1 is 1.46 bits per heavy atom. The standard InChI is InChI=1S/C11H15N4O7PS/c1-20-23(18,19)21-2-5-7(16)8(17)11(22-5)15-4-14-6-9(15)12-3-13-10(6)24/h3-5,7-8,11,16-17H,2H2,1H3,(H,18,19)(H,12,13,24)/t5-,7?,8?,11-/m1/s1. The second-order valence-electron chi connectivity index (χ2n) is 5.05. The number of aromatic nitrogens is 4. The number of fused-ring (bicyclic) bond motifs is 1. The molecule has 24 heavy (non-hydrogen) atoms. The number of phosphoric acid groups is 1. The molecule has 5 atom stereocenters. The van der Waals surface area contributed by atoms with Crippen molar-refractivity contribution in [3.05, 3.63) is 17.3 Å². The molecular formula is C11H15N4O7PS. The fourth-order valence-electron chi connectivity index (χ4n) is 2.38. The number of H-pyrrole nitrogens is 1. The molecule has 1 aliphatic rings. The molecule has 2 aromatic heterocycles. The van der Waals surface area contributed by atoms with E-state index in [-0.39, 0.29) is 4.64 Å². The Labute approximate surface area is 140 Å². The van der Waals surface area contributed by atoms with Gasteiger partial charge in [-0.05, 0) is 0 Å². The molecule has 0 aliphatic carbocycles. The number of ether oxygens (including phenoxy) is 1. The average Bonchev–Trinajstić information content (AvgIpc) is 3.10. The lowest BCUT2D eigenvalue weighted by atomic mass is 10.1. The third-order valence-corrected chi connectivity index (χ3v) is 4.86. The molecule has 0 amide bonds. The minimum atomic E-state index is -4.22. The number of nitrogens with zero attached hydrogens (tertiary/aromatic N) is 3. The van der Waals surface area contributed by atoms with Crippen molar-refractivity contribution in [3.63, 3.8) is 0 Å². The first-order valence-corrected chi connectivity index (χ1v) is 8.69. The molecule has 1 saturated heterocycles. The van der Waals surface area contributed by atoms with Gasteiger partial charge in [0.05, 0.1) is 19.3 Å². The minimum Gasteiger partial charge on any atom is -0.387 e. The Morgan fingerprint density at radius 3 is 2.92 bits per heavy atom. The number of aromatic amines is 1. The van der Waals surface area contributed by atoms with Gasteiger partial charge < -0.3 is 24.8 Å². The van der Waals surface area contributed by atoms with Crippen molar-refractivity contribution in [3.8, 4) is 0 Å². The molecule has 3 rings (SSSR count). The number of aliphatic hydroxyl groups excluding tert-OH is 2. The summed E-state index contributed by atoms with van der Waals surface area (Å²) in [4.78, 5) is 20.1. The maximum atomic E-state index is 11.3. The van der Waals surface area contributed by atoms with E-state index < -0.39 is 39.0 Å². The van der Waals surface area contributed by atoms with Crippen LogP contribution in [0.4, 0.5) is 0 Å². The van der Waals surface area contributed by atoms with Crippen molar-refractivity contribution < 1.29 is 33.5 Å². The number of imidazole rings is 1. The van der Waals surface area contributed by atoms with E-state index in [1.807, 2.05) is 0 Å². The number of phosphoric ester groups is 1. The van der Waals surface area contributed by atoms with E-state index in [1.165, 1.54) is 17.2 Å². The summed E-state index contributed by atoms with van der Waals surface area (Å²) in [5.41, 5.74) is 0.870. The highest BCUT2D eigenvalue weighted by Gasteiger charge is 2.45. The molecule has 11 nitrogen and oxygen atoms in total. The quantitative estimate of drug-likeness (QED) is 0.409. The zero-order chi connectivity index (χ0) is 17.5.